The van der Waals surface area contributed by atoms with Crippen LogP contribution in [0.1, 0.15) is 40.0 Å². The summed E-state index contributed by atoms with van der Waals surface area (Å²) in [6.07, 6.45) is 3.35. The molecule has 2 saturated heterocycles. The van der Waals surface area contributed by atoms with Crippen LogP contribution in [0.25, 0.3) is 0 Å². The van der Waals surface area contributed by atoms with E-state index in [0.29, 0.717) is 18.0 Å². The van der Waals surface area contributed by atoms with E-state index in [1.807, 2.05) is 0 Å². The van der Waals surface area contributed by atoms with Gasteiger partial charge in [-0.1, -0.05) is 6.92 Å². The molecule has 0 aromatic heterocycles. The fraction of sp³-hybridized carbons (Fsp3) is 0.917. The zero-order chi connectivity index (χ0) is 11.0. The molecule has 2 atom stereocenters. The van der Waals surface area contributed by atoms with Crippen LogP contribution in [-0.2, 0) is 4.79 Å². The van der Waals surface area contributed by atoms with Gasteiger partial charge in [0.1, 0.15) is 0 Å². The van der Waals surface area contributed by atoms with Crippen LogP contribution in [0.3, 0.4) is 0 Å². The van der Waals surface area contributed by atoms with Gasteiger partial charge in [-0.05, 0) is 33.1 Å². The number of amides is 1. The molecule has 1 amide bonds. The van der Waals surface area contributed by atoms with Crippen molar-refractivity contribution in [3.63, 3.8) is 0 Å². The number of hydrogen-bond donors (Lipinski definition) is 0. The van der Waals surface area contributed by atoms with Gasteiger partial charge in [-0.15, -0.1) is 0 Å². The predicted octanol–water partition coefficient (Wildman–Crippen LogP) is 1.48. The van der Waals surface area contributed by atoms with E-state index in [1.54, 1.807) is 0 Å². The molecule has 2 aliphatic heterocycles. The fourth-order valence-electron chi connectivity index (χ4n) is 3.15. The summed E-state index contributed by atoms with van der Waals surface area (Å²) >= 11 is 0. The van der Waals surface area contributed by atoms with E-state index in [1.165, 1.54) is 6.42 Å². The van der Waals surface area contributed by atoms with Crippen LogP contribution in [0.5, 0.6) is 0 Å². The lowest BCUT2D eigenvalue weighted by Gasteiger charge is -2.42. The Kier molecular flexibility index (Phi) is 3.01. The number of piperazine rings is 1. The quantitative estimate of drug-likeness (QED) is 0.704. The molecule has 2 aliphatic rings. The van der Waals surface area contributed by atoms with Crippen LogP contribution in [0.15, 0.2) is 0 Å². The third-order valence-electron chi connectivity index (χ3n) is 3.67. The zero-order valence-corrected chi connectivity index (χ0v) is 10.1. The smallest absolute Gasteiger partial charge is 0.240 e. The largest absolute Gasteiger partial charge is 0.340 e. The van der Waals surface area contributed by atoms with Gasteiger partial charge in [0.25, 0.3) is 0 Å². The second kappa shape index (κ2) is 4.12. The van der Waals surface area contributed by atoms with Crippen molar-refractivity contribution in [1.82, 2.24) is 9.80 Å². The third kappa shape index (κ3) is 1.78. The Labute approximate surface area is 92.4 Å². The van der Waals surface area contributed by atoms with Crippen molar-refractivity contribution in [2.45, 2.75) is 58.2 Å². The number of carbonyl (C=O) groups excluding carboxylic acids is 1. The van der Waals surface area contributed by atoms with Crippen LogP contribution < -0.4 is 0 Å². The van der Waals surface area contributed by atoms with Crippen LogP contribution in [-0.4, -0.2) is 46.9 Å². The van der Waals surface area contributed by atoms with Crippen molar-refractivity contribution in [3.05, 3.63) is 0 Å². The van der Waals surface area contributed by atoms with Crippen molar-refractivity contribution in [2.24, 2.45) is 0 Å². The van der Waals surface area contributed by atoms with Crippen LogP contribution >= 0.6 is 0 Å². The highest BCUT2D eigenvalue weighted by atomic mass is 16.2. The first kappa shape index (κ1) is 10.9. The summed E-state index contributed by atoms with van der Waals surface area (Å²) in [5.74, 6) is 0.374. The maximum atomic E-state index is 12.2. The monoisotopic (exact) mass is 210 g/mol. The summed E-state index contributed by atoms with van der Waals surface area (Å²) < 4.78 is 0. The van der Waals surface area contributed by atoms with Gasteiger partial charge >= 0.3 is 0 Å². The molecular weight excluding hydrogens is 188 g/mol. The molecule has 2 heterocycles. The van der Waals surface area contributed by atoms with Gasteiger partial charge in [-0.2, -0.15) is 0 Å². The molecule has 86 valence electrons. The average Bonchev–Trinajstić information content (AvgIpc) is 2.53. The summed E-state index contributed by atoms with van der Waals surface area (Å²) in [5.41, 5.74) is 0. The highest BCUT2D eigenvalue weighted by Gasteiger charge is 2.45. The van der Waals surface area contributed by atoms with Crippen molar-refractivity contribution in [3.8, 4) is 0 Å². The lowest BCUT2D eigenvalue weighted by Crippen LogP contribution is -2.59. The SMILES string of the molecule is CCCN1CC2CCC(C1=O)N2C(C)C. The van der Waals surface area contributed by atoms with E-state index < -0.39 is 0 Å². The Hall–Kier alpha value is -0.570. The van der Waals surface area contributed by atoms with Crippen molar-refractivity contribution in [1.29, 1.82) is 0 Å². The number of fused-ring (bicyclic) bond motifs is 2. The maximum absolute atomic E-state index is 12.2. The van der Waals surface area contributed by atoms with Gasteiger partial charge in [-0.3, -0.25) is 9.69 Å². The van der Waals surface area contributed by atoms with Gasteiger partial charge in [0.05, 0.1) is 6.04 Å². The molecular formula is C12H22N2O. The third-order valence-corrected chi connectivity index (χ3v) is 3.67. The van der Waals surface area contributed by atoms with E-state index in [9.17, 15) is 4.79 Å². The van der Waals surface area contributed by atoms with Crippen LogP contribution in [0, 0.1) is 0 Å². The van der Waals surface area contributed by atoms with Crippen molar-refractivity contribution < 1.29 is 4.79 Å². The van der Waals surface area contributed by atoms with E-state index in [4.69, 9.17) is 0 Å². The summed E-state index contributed by atoms with van der Waals surface area (Å²) in [6.45, 7) is 8.45. The minimum Gasteiger partial charge on any atom is -0.340 e. The fourth-order valence-corrected chi connectivity index (χ4v) is 3.15. The summed E-state index contributed by atoms with van der Waals surface area (Å²) in [6, 6.07) is 1.32. The summed E-state index contributed by atoms with van der Waals surface area (Å²) in [7, 11) is 0. The van der Waals surface area contributed by atoms with E-state index in [2.05, 4.69) is 30.6 Å². The number of hydrogen-bond acceptors (Lipinski definition) is 2. The predicted molar refractivity (Wildman–Crippen MR) is 60.7 cm³/mol. The van der Waals surface area contributed by atoms with Gasteiger partial charge in [0, 0.05) is 25.2 Å². The van der Waals surface area contributed by atoms with Gasteiger partial charge < -0.3 is 4.90 Å². The second-order valence-electron chi connectivity index (χ2n) is 5.07. The molecule has 0 aromatic rings. The molecule has 2 bridgehead atoms. The normalized spacial score (nSPS) is 31.7. The highest BCUT2D eigenvalue weighted by molar-refractivity contribution is 5.83. The number of nitrogens with zero attached hydrogens (tertiary/aromatic N) is 2. The first-order chi connectivity index (χ1) is 7.15. The topological polar surface area (TPSA) is 23.6 Å². The first-order valence-corrected chi connectivity index (χ1v) is 6.21. The first-order valence-electron chi connectivity index (χ1n) is 6.21. The maximum Gasteiger partial charge on any atom is 0.240 e. The van der Waals surface area contributed by atoms with Gasteiger partial charge in [0.15, 0.2) is 0 Å². The lowest BCUT2D eigenvalue weighted by molar-refractivity contribution is -0.142. The molecule has 0 aromatic carbocycles. The van der Waals surface area contributed by atoms with Crippen LogP contribution in [0.2, 0.25) is 0 Å². The second-order valence-corrected chi connectivity index (χ2v) is 5.07. The molecule has 0 N–H and O–H groups in total. The summed E-state index contributed by atoms with van der Waals surface area (Å²) in [5, 5.41) is 0. The Morgan fingerprint density at radius 3 is 2.73 bits per heavy atom. The molecule has 2 rings (SSSR count). The molecule has 3 heteroatoms. The Balaban J connectivity index is 2.12. The highest BCUT2D eigenvalue weighted by Crippen LogP contribution is 2.32. The Morgan fingerprint density at radius 1 is 1.40 bits per heavy atom. The Morgan fingerprint density at radius 2 is 2.13 bits per heavy atom. The molecule has 0 spiro atoms. The molecule has 0 radical (unpaired) electrons. The molecule has 2 unspecified atom stereocenters. The number of carbonyl (C=O) groups is 1. The van der Waals surface area contributed by atoms with E-state index >= 15 is 0 Å². The van der Waals surface area contributed by atoms with Crippen LogP contribution in [0.4, 0.5) is 0 Å². The standard InChI is InChI=1S/C12H22N2O/c1-4-7-13-8-10-5-6-11(12(13)15)14(10)9(2)3/h9-11H,4-8H2,1-3H3. The minimum atomic E-state index is 0.190. The number of likely N-dealkylation sites (tertiary alicyclic amines) is 1. The molecule has 15 heavy (non-hydrogen) atoms. The van der Waals surface area contributed by atoms with E-state index in [0.717, 1.165) is 25.9 Å². The van der Waals surface area contributed by atoms with Gasteiger partial charge in [-0.25, -0.2) is 0 Å². The molecule has 2 fully saturated rings. The summed E-state index contributed by atoms with van der Waals surface area (Å²) in [4.78, 5) is 16.7. The molecule has 3 nitrogen and oxygen atoms in total. The average molecular weight is 210 g/mol. The molecule has 0 saturated carbocycles. The van der Waals surface area contributed by atoms with E-state index in [-0.39, 0.29) is 6.04 Å². The Bertz CT molecular complexity index is 252. The minimum absolute atomic E-state index is 0.190. The van der Waals surface area contributed by atoms with Crippen molar-refractivity contribution in [2.75, 3.05) is 13.1 Å². The lowest BCUT2D eigenvalue weighted by atomic mass is 10.1. The zero-order valence-electron chi connectivity index (χ0n) is 10.1. The molecule has 0 aliphatic carbocycles. The van der Waals surface area contributed by atoms with Crippen molar-refractivity contribution >= 4 is 5.91 Å². The van der Waals surface area contributed by atoms with Gasteiger partial charge in [0.2, 0.25) is 5.91 Å². The number of rotatable bonds is 3.